The van der Waals surface area contributed by atoms with Crippen LogP contribution >= 0.6 is 0 Å². The molecule has 4 aromatic rings. The first kappa shape index (κ1) is 20.1. The lowest BCUT2D eigenvalue weighted by Gasteiger charge is -2.12. The van der Waals surface area contributed by atoms with Crippen LogP contribution in [0.3, 0.4) is 0 Å². The van der Waals surface area contributed by atoms with Crippen molar-refractivity contribution in [1.82, 2.24) is 4.98 Å². The minimum absolute atomic E-state index is 0.194. The van der Waals surface area contributed by atoms with Crippen LogP contribution in [-0.2, 0) is 6.42 Å². The van der Waals surface area contributed by atoms with E-state index in [0.717, 1.165) is 28.6 Å². The van der Waals surface area contributed by atoms with Gasteiger partial charge in [0.2, 0.25) is 6.79 Å². The molecule has 1 aliphatic rings. The largest absolute Gasteiger partial charge is 0.454 e. The number of ether oxygens (including phenoxy) is 2. The lowest BCUT2D eigenvalue weighted by Crippen LogP contribution is -2.13. The molecule has 5 rings (SSSR count). The van der Waals surface area contributed by atoms with E-state index < -0.39 is 0 Å². The van der Waals surface area contributed by atoms with Gasteiger partial charge >= 0.3 is 0 Å². The molecule has 0 aliphatic carbocycles. The second kappa shape index (κ2) is 8.35. The number of aromatic nitrogens is 1. The topological polar surface area (TPSA) is 60.5 Å². The number of hydrogen-bond acceptors (Lipinski definition) is 4. The van der Waals surface area contributed by atoms with Crippen LogP contribution in [0, 0.1) is 5.92 Å². The second-order valence-corrected chi connectivity index (χ2v) is 8.39. The molecule has 0 bridgehead atoms. The summed E-state index contributed by atoms with van der Waals surface area (Å²) in [4.78, 5) is 18.1. The third kappa shape index (κ3) is 4.02. The van der Waals surface area contributed by atoms with Crippen LogP contribution in [0.25, 0.3) is 22.2 Å². The summed E-state index contributed by atoms with van der Waals surface area (Å²) in [6.45, 7) is 4.62. The van der Waals surface area contributed by atoms with Gasteiger partial charge in [-0.25, -0.2) is 4.98 Å². The number of amides is 1. The number of para-hydroxylation sites is 1. The minimum Gasteiger partial charge on any atom is -0.454 e. The van der Waals surface area contributed by atoms with E-state index in [9.17, 15) is 4.79 Å². The Morgan fingerprint density at radius 3 is 2.56 bits per heavy atom. The molecule has 1 aliphatic heterocycles. The summed E-state index contributed by atoms with van der Waals surface area (Å²) in [6.07, 6.45) is 1.04. The van der Waals surface area contributed by atoms with Crippen molar-refractivity contribution in [2.75, 3.05) is 12.1 Å². The number of fused-ring (bicyclic) bond motifs is 2. The van der Waals surface area contributed by atoms with Crippen molar-refractivity contribution in [3.63, 3.8) is 0 Å². The molecule has 5 heteroatoms. The second-order valence-electron chi connectivity index (χ2n) is 8.39. The Hall–Kier alpha value is -3.86. The van der Waals surface area contributed by atoms with E-state index in [-0.39, 0.29) is 12.7 Å². The summed E-state index contributed by atoms with van der Waals surface area (Å²) in [5.41, 5.74) is 5.07. The Balaban J connectivity index is 1.50. The standard InChI is InChI=1S/C27H24N2O3/c1-17(2)13-18-7-9-19(10-8-18)24-15-22(21-5-3-4-6-23(21)29-24)27(30)28-20-11-12-25-26(14-20)32-16-31-25/h3-12,14-15,17H,13,16H2,1-2H3,(H,28,30). The molecule has 0 radical (unpaired) electrons. The molecule has 0 unspecified atom stereocenters. The predicted molar refractivity (Wildman–Crippen MR) is 126 cm³/mol. The third-order valence-corrected chi connectivity index (χ3v) is 5.48. The highest BCUT2D eigenvalue weighted by Gasteiger charge is 2.17. The van der Waals surface area contributed by atoms with E-state index in [4.69, 9.17) is 14.5 Å². The van der Waals surface area contributed by atoms with Gasteiger partial charge in [-0.1, -0.05) is 56.3 Å². The maximum absolute atomic E-state index is 13.3. The fourth-order valence-electron chi connectivity index (χ4n) is 3.97. The minimum atomic E-state index is -0.194. The number of hydrogen-bond donors (Lipinski definition) is 1. The first-order chi connectivity index (χ1) is 15.6. The summed E-state index contributed by atoms with van der Waals surface area (Å²) in [5.74, 6) is 1.72. The van der Waals surface area contributed by atoms with Gasteiger partial charge in [0, 0.05) is 22.7 Å². The summed E-state index contributed by atoms with van der Waals surface area (Å²) in [6, 6.07) is 23.4. The zero-order chi connectivity index (χ0) is 22.1. The average molecular weight is 425 g/mol. The van der Waals surface area contributed by atoms with Crippen LogP contribution in [0.15, 0.2) is 72.8 Å². The van der Waals surface area contributed by atoms with Crippen molar-refractivity contribution in [2.45, 2.75) is 20.3 Å². The average Bonchev–Trinajstić information content (AvgIpc) is 3.26. The van der Waals surface area contributed by atoms with Crippen LogP contribution < -0.4 is 14.8 Å². The molecular formula is C27H24N2O3. The van der Waals surface area contributed by atoms with Crippen molar-refractivity contribution in [1.29, 1.82) is 0 Å². The highest BCUT2D eigenvalue weighted by Crippen LogP contribution is 2.34. The Morgan fingerprint density at radius 1 is 0.969 bits per heavy atom. The smallest absolute Gasteiger partial charge is 0.256 e. The van der Waals surface area contributed by atoms with Gasteiger partial charge in [0.15, 0.2) is 11.5 Å². The molecule has 1 N–H and O–H groups in total. The Bertz CT molecular complexity index is 1300. The summed E-state index contributed by atoms with van der Waals surface area (Å²) < 4.78 is 10.8. The van der Waals surface area contributed by atoms with Crippen molar-refractivity contribution >= 4 is 22.5 Å². The maximum atomic E-state index is 13.3. The van der Waals surface area contributed by atoms with Gasteiger partial charge in [0.05, 0.1) is 16.8 Å². The number of benzene rings is 3. The maximum Gasteiger partial charge on any atom is 0.256 e. The highest BCUT2D eigenvalue weighted by molar-refractivity contribution is 6.13. The number of nitrogens with one attached hydrogen (secondary N) is 1. The first-order valence-electron chi connectivity index (χ1n) is 10.8. The van der Waals surface area contributed by atoms with Crippen LogP contribution in [0.5, 0.6) is 11.5 Å². The zero-order valence-corrected chi connectivity index (χ0v) is 18.1. The number of carbonyl (C=O) groups is 1. The van der Waals surface area contributed by atoms with Crippen LogP contribution in [0.4, 0.5) is 5.69 Å². The van der Waals surface area contributed by atoms with E-state index in [0.29, 0.717) is 28.7 Å². The molecule has 1 aromatic heterocycles. The molecule has 0 saturated heterocycles. The molecule has 1 amide bonds. The van der Waals surface area contributed by atoms with Gasteiger partial charge < -0.3 is 14.8 Å². The quantitative estimate of drug-likeness (QED) is 0.422. The van der Waals surface area contributed by atoms with Gasteiger partial charge in [0.1, 0.15) is 0 Å². The Kier molecular flexibility index (Phi) is 5.23. The SMILES string of the molecule is CC(C)Cc1ccc(-c2cc(C(=O)Nc3ccc4c(c3)OCO4)c3ccccc3n2)cc1. The normalized spacial score (nSPS) is 12.3. The van der Waals surface area contributed by atoms with Gasteiger partial charge in [-0.05, 0) is 42.2 Å². The molecule has 0 saturated carbocycles. The molecule has 3 aromatic carbocycles. The zero-order valence-electron chi connectivity index (χ0n) is 18.1. The van der Waals surface area contributed by atoms with E-state index in [1.165, 1.54) is 5.56 Å². The lowest BCUT2D eigenvalue weighted by molar-refractivity contribution is 0.102. The number of pyridine rings is 1. The first-order valence-corrected chi connectivity index (χ1v) is 10.8. The lowest BCUT2D eigenvalue weighted by atomic mass is 9.99. The van der Waals surface area contributed by atoms with E-state index in [2.05, 4.69) is 43.4 Å². The Morgan fingerprint density at radius 2 is 1.75 bits per heavy atom. The molecule has 5 nitrogen and oxygen atoms in total. The molecule has 160 valence electrons. The predicted octanol–water partition coefficient (Wildman–Crippen LogP) is 6.08. The molecule has 2 heterocycles. The third-order valence-electron chi connectivity index (χ3n) is 5.48. The van der Waals surface area contributed by atoms with Crippen molar-refractivity contribution in [3.05, 3.63) is 83.9 Å². The van der Waals surface area contributed by atoms with E-state index in [1.54, 1.807) is 12.1 Å². The monoisotopic (exact) mass is 424 g/mol. The molecule has 0 fully saturated rings. The van der Waals surface area contributed by atoms with E-state index >= 15 is 0 Å². The summed E-state index contributed by atoms with van der Waals surface area (Å²) >= 11 is 0. The summed E-state index contributed by atoms with van der Waals surface area (Å²) in [7, 11) is 0. The van der Waals surface area contributed by atoms with Crippen molar-refractivity contribution in [3.8, 4) is 22.8 Å². The fraction of sp³-hybridized carbons (Fsp3) is 0.185. The van der Waals surface area contributed by atoms with Crippen molar-refractivity contribution < 1.29 is 14.3 Å². The van der Waals surface area contributed by atoms with Crippen LogP contribution in [0.2, 0.25) is 0 Å². The van der Waals surface area contributed by atoms with E-state index in [1.807, 2.05) is 36.4 Å². The Labute approximate surface area is 187 Å². The summed E-state index contributed by atoms with van der Waals surface area (Å²) in [5, 5.41) is 3.80. The number of rotatable bonds is 5. The molecular weight excluding hydrogens is 400 g/mol. The number of anilines is 1. The van der Waals surface area contributed by atoms with Gasteiger partial charge in [-0.15, -0.1) is 0 Å². The molecule has 32 heavy (non-hydrogen) atoms. The highest BCUT2D eigenvalue weighted by atomic mass is 16.7. The van der Waals surface area contributed by atoms with Crippen molar-refractivity contribution in [2.24, 2.45) is 5.92 Å². The molecule has 0 spiro atoms. The number of nitrogens with zero attached hydrogens (tertiary/aromatic N) is 1. The van der Waals surface area contributed by atoms with Crippen LogP contribution in [0.1, 0.15) is 29.8 Å². The molecule has 0 atom stereocenters. The van der Waals surface area contributed by atoms with Gasteiger partial charge in [-0.2, -0.15) is 0 Å². The van der Waals surface area contributed by atoms with Gasteiger partial charge in [0.25, 0.3) is 5.91 Å². The fourth-order valence-corrected chi connectivity index (χ4v) is 3.97. The number of carbonyl (C=O) groups excluding carboxylic acids is 1. The van der Waals surface area contributed by atoms with Gasteiger partial charge in [-0.3, -0.25) is 4.79 Å². The van der Waals surface area contributed by atoms with Crippen LogP contribution in [-0.4, -0.2) is 17.7 Å².